The Bertz CT molecular complexity index is 990. The molecule has 2 aromatic carbocycles. The Labute approximate surface area is 201 Å². The van der Waals surface area contributed by atoms with Crippen LogP contribution < -0.4 is 5.32 Å². The van der Waals surface area contributed by atoms with E-state index >= 15 is 0 Å². The molecule has 34 heavy (non-hydrogen) atoms. The molecule has 3 rings (SSSR count). The SMILES string of the molecule is CCN(C(=O)C(CNC(=O)OCC1c2ccccc2-c2ccccc21)CC(C)C)C(C)C(=O)O. The molecule has 7 nitrogen and oxygen atoms in total. The van der Waals surface area contributed by atoms with Crippen LogP contribution >= 0.6 is 0 Å². The second kappa shape index (κ2) is 11.2. The number of carbonyl (C=O) groups excluding carboxylic acids is 2. The van der Waals surface area contributed by atoms with Gasteiger partial charge in [0.1, 0.15) is 12.6 Å². The van der Waals surface area contributed by atoms with E-state index in [1.165, 1.54) is 11.8 Å². The first-order valence-electron chi connectivity index (χ1n) is 11.9. The molecule has 0 bridgehead atoms. The molecule has 182 valence electrons. The Morgan fingerprint density at radius 2 is 1.56 bits per heavy atom. The Morgan fingerprint density at radius 1 is 1.00 bits per heavy atom. The number of likely N-dealkylation sites (N-methyl/N-ethyl adjacent to an activating group) is 1. The van der Waals surface area contributed by atoms with Crippen LogP contribution in [0.3, 0.4) is 0 Å². The minimum absolute atomic E-state index is 0.0433. The summed E-state index contributed by atoms with van der Waals surface area (Å²) < 4.78 is 5.58. The van der Waals surface area contributed by atoms with Gasteiger partial charge < -0.3 is 20.1 Å². The molecule has 0 heterocycles. The number of hydrogen-bond donors (Lipinski definition) is 2. The zero-order valence-electron chi connectivity index (χ0n) is 20.3. The van der Waals surface area contributed by atoms with Gasteiger partial charge in [0.2, 0.25) is 5.91 Å². The molecule has 7 heteroatoms. The molecule has 2 aromatic rings. The van der Waals surface area contributed by atoms with E-state index in [0.717, 1.165) is 22.3 Å². The highest BCUT2D eigenvalue weighted by molar-refractivity contribution is 5.85. The number of ether oxygens (including phenoxy) is 1. The molecule has 0 radical (unpaired) electrons. The van der Waals surface area contributed by atoms with E-state index in [4.69, 9.17) is 4.74 Å². The van der Waals surface area contributed by atoms with Gasteiger partial charge in [0.15, 0.2) is 0 Å². The summed E-state index contributed by atoms with van der Waals surface area (Å²) in [6, 6.07) is 15.3. The van der Waals surface area contributed by atoms with Gasteiger partial charge in [-0.2, -0.15) is 0 Å². The van der Waals surface area contributed by atoms with Gasteiger partial charge >= 0.3 is 12.1 Å². The molecule has 2 atom stereocenters. The highest BCUT2D eigenvalue weighted by atomic mass is 16.5. The number of fused-ring (bicyclic) bond motifs is 3. The normalized spacial score (nSPS) is 14.1. The first-order chi connectivity index (χ1) is 16.2. The summed E-state index contributed by atoms with van der Waals surface area (Å²) in [7, 11) is 0. The Morgan fingerprint density at radius 3 is 2.06 bits per heavy atom. The fourth-order valence-corrected chi connectivity index (χ4v) is 4.68. The highest BCUT2D eigenvalue weighted by Crippen LogP contribution is 2.44. The van der Waals surface area contributed by atoms with Crippen molar-refractivity contribution in [3.63, 3.8) is 0 Å². The molecule has 0 fully saturated rings. The maximum Gasteiger partial charge on any atom is 0.407 e. The van der Waals surface area contributed by atoms with Crippen molar-refractivity contribution in [3.05, 3.63) is 59.7 Å². The lowest BCUT2D eigenvalue weighted by Gasteiger charge is -2.30. The molecule has 2 N–H and O–H groups in total. The van der Waals surface area contributed by atoms with Crippen molar-refractivity contribution in [2.45, 2.75) is 46.1 Å². The number of rotatable bonds is 10. The molecule has 2 unspecified atom stereocenters. The van der Waals surface area contributed by atoms with Crippen molar-refractivity contribution in [1.29, 1.82) is 0 Å². The number of alkyl carbamates (subject to hydrolysis) is 1. The number of carbonyl (C=O) groups is 3. The number of amides is 2. The Kier molecular flexibility index (Phi) is 8.31. The van der Waals surface area contributed by atoms with Crippen LogP contribution in [-0.2, 0) is 14.3 Å². The summed E-state index contributed by atoms with van der Waals surface area (Å²) in [5.74, 6) is -1.69. The van der Waals surface area contributed by atoms with E-state index in [0.29, 0.717) is 6.42 Å². The first-order valence-corrected chi connectivity index (χ1v) is 11.9. The first kappa shape index (κ1) is 25.3. The predicted octanol–water partition coefficient (Wildman–Crippen LogP) is 4.51. The average Bonchev–Trinajstić information content (AvgIpc) is 3.14. The second-order valence-corrected chi connectivity index (χ2v) is 9.17. The maximum atomic E-state index is 13.1. The maximum absolute atomic E-state index is 13.1. The number of nitrogens with one attached hydrogen (secondary N) is 1. The van der Waals surface area contributed by atoms with Crippen molar-refractivity contribution < 1.29 is 24.2 Å². The van der Waals surface area contributed by atoms with E-state index in [-0.39, 0.29) is 37.4 Å². The van der Waals surface area contributed by atoms with Crippen molar-refractivity contribution >= 4 is 18.0 Å². The van der Waals surface area contributed by atoms with Gasteiger partial charge in [0.05, 0.1) is 5.92 Å². The van der Waals surface area contributed by atoms with E-state index in [1.54, 1.807) is 6.92 Å². The topological polar surface area (TPSA) is 95.9 Å². The molecule has 1 aliphatic carbocycles. The van der Waals surface area contributed by atoms with Gasteiger partial charge in [-0.1, -0.05) is 62.4 Å². The lowest BCUT2D eigenvalue weighted by atomic mass is 9.95. The molecule has 2 amide bonds. The summed E-state index contributed by atoms with van der Waals surface area (Å²) in [5, 5.41) is 12.1. The summed E-state index contributed by atoms with van der Waals surface area (Å²) in [5.41, 5.74) is 4.57. The van der Waals surface area contributed by atoms with Crippen LogP contribution in [0.4, 0.5) is 4.79 Å². The third-order valence-electron chi connectivity index (χ3n) is 6.39. The Hall–Kier alpha value is -3.35. The van der Waals surface area contributed by atoms with Gasteiger partial charge in [0, 0.05) is 19.0 Å². The minimum Gasteiger partial charge on any atom is -0.480 e. The average molecular weight is 467 g/mol. The summed E-state index contributed by atoms with van der Waals surface area (Å²) >= 11 is 0. The van der Waals surface area contributed by atoms with Crippen LogP contribution in [-0.4, -0.2) is 53.7 Å². The smallest absolute Gasteiger partial charge is 0.407 e. The number of carboxylic acid groups (broad SMARTS) is 1. The third-order valence-corrected chi connectivity index (χ3v) is 6.39. The van der Waals surface area contributed by atoms with Crippen LogP contribution in [0.5, 0.6) is 0 Å². The number of benzene rings is 2. The number of aliphatic carboxylic acids is 1. The molecule has 0 aromatic heterocycles. The molecule has 0 spiro atoms. The number of hydrogen-bond acceptors (Lipinski definition) is 4. The predicted molar refractivity (Wildman–Crippen MR) is 131 cm³/mol. The third kappa shape index (κ3) is 5.58. The van der Waals surface area contributed by atoms with Crippen molar-refractivity contribution in [3.8, 4) is 11.1 Å². The van der Waals surface area contributed by atoms with Gasteiger partial charge in [0.25, 0.3) is 0 Å². The van der Waals surface area contributed by atoms with Crippen molar-refractivity contribution in [1.82, 2.24) is 10.2 Å². The number of nitrogens with zero attached hydrogens (tertiary/aromatic N) is 1. The largest absolute Gasteiger partial charge is 0.480 e. The molecular weight excluding hydrogens is 432 g/mol. The standard InChI is InChI=1S/C27H34N2O5/c1-5-29(18(4)26(31)32)25(30)19(14-17(2)3)15-28-27(33)34-16-24-22-12-8-6-10-20(22)21-11-7-9-13-23(21)24/h6-13,17-19,24H,5,14-16H2,1-4H3,(H,28,33)(H,31,32). The van der Waals surface area contributed by atoms with Gasteiger partial charge in [-0.25, -0.2) is 9.59 Å². The van der Waals surface area contributed by atoms with Crippen molar-refractivity contribution in [2.24, 2.45) is 11.8 Å². The van der Waals surface area contributed by atoms with Crippen LogP contribution in [0.2, 0.25) is 0 Å². The second-order valence-electron chi connectivity index (χ2n) is 9.17. The fourth-order valence-electron chi connectivity index (χ4n) is 4.68. The lowest BCUT2D eigenvalue weighted by molar-refractivity contribution is -0.151. The molecule has 0 saturated carbocycles. The zero-order valence-corrected chi connectivity index (χ0v) is 20.3. The molecule has 1 aliphatic rings. The van der Waals surface area contributed by atoms with E-state index in [1.807, 2.05) is 38.1 Å². The molecular formula is C27H34N2O5. The van der Waals surface area contributed by atoms with Crippen molar-refractivity contribution in [2.75, 3.05) is 19.7 Å². The van der Waals surface area contributed by atoms with Crippen LogP contribution in [0.1, 0.15) is 51.2 Å². The van der Waals surface area contributed by atoms with E-state index in [2.05, 4.69) is 29.6 Å². The molecule has 0 aliphatic heterocycles. The fraction of sp³-hybridized carbons (Fsp3) is 0.444. The molecule has 0 saturated heterocycles. The summed E-state index contributed by atoms with van der Waals surface area (Å²) in [6.45, 7) is 7.80. The van der Waals surface area contributed by atoms with Gasteiger partial charge in [-0.3, -0.25) is 4.79 Å². The van der Waals surface area contributed by atoms with Gasteiger partial charge in [-0.15, -0.1) is 0 Å². The number of carboxylic acids is 1. The highest BCUT2D eigenvalue weighted by Gasteiger charge is 2.32. The van der Waals surface area contributed by atoms with Crippen LogP contribution in [0, 0.1) is 11.8 Å². The summed E-state index contributed by atoms with van der Waals surface area (Å²) in [6.07, 6.45) is -0.0524. The van der Waals surface area contributed by atoms with E-state index in [9.17, 15) is 19.5 Å². The van der Waals surface area contributed by atoms with Gasteiger partial charge in [-0.05, 0) is 48.4 Å². The minimum atomic E-state index is -1.05. The zero-order chi connectivity index (χ0) is 24.8. The van der Waals surface area contributed by atoms with Crippen LogP contribution in [0.25, 0.3) is 11.1 Å². The quantitative estimate of drug-likeness (QED) is 0.537. The summed E-state index contributed by atoms with van der Waals surface area (Å²) in [4.78, 5) is 38.4. The Balaban J connectivity index is 1.63. The van der Waals surface area contributed by atoms with Crippen LogP contribution in [0.15, 0.2) is 48.5 Å². The lowest BCUT2D eigenvalue weighted by Crippen LogP contribution is -2.48. The monoisotopic (exact) mass is 466 g/mol. The van der Waals surface area contributed by atoms with E-state index < -0.39 is 24.0 Å².